The van der Waals surface area contributed by atoms with Crippen LogP contribution in [0.2, 0.25) is 0 Å². The number of anilines is 1. The molecule has 0 radical (unpaired) electrons. The Kier molecular flexibility index (Phi) is 5.87. The average molecular weight is 431 g/mol. The number of nitrogens with one attached hydrogen (secondary N) is 1. The highest BCUT2D eigenvalue weighted by Crippen LogP contribution is 2.40. The van der Waals surface area contributed by atoms with Crippen molar-refractivity contribution in [3.63, 3.8) is 0 Å². The molecule has 0 fully saturated rings. The maximum Gasteiger partial charge on any atom is 0.241 e. The Bertz CT molecular complexity index is 1080. The molecule has 1 atom stereocenters. The molecule has 0 unspecified atom stereocenters. The SMILES string of the molecule is Cc1ccc(N(CC(=O)N[C@@H]2CC(C)(C)Oc3cc(C)ccc32)S(C)(=O)=O)c(C)c1. The summed E-state index contributed by atoms with van der Waals surface area (Å²) < 4.78 is 32.2. The lowest BCUT2D eigenvalue weighted by molar-refractivity contribution is -0.120. The molecular formula is C23H30N2O4S. The first-order valence-corrected chi connectivity index (χ1v) is 11.8. The minimum absolute atomic E-state index is 0.252. The normalized spacial score (nSPS) is 17.6. The van der Waals surface area contributed by atoms with Crippen LogP contribution >= 0.6 is 0 Å². The third kappa shape index (κ3) is 4.95. The van der Waals surface area contributed by atoms with Gasteiger partial charge in [0.15, 0.2) is 0 Å². The lowest BCUT2D eigenvalue weighted by atomic mass is 9.89. The molecule has 0 spiro atoms. The van der Waals surface area contributed by atoms with Gasteiger partial charge < -0.3 is 10.1 Å². The lowest BCUT2D eigenvalue weighted by Gasteiger charge is -2.38. The molecule has 30 heavy (non-hydrogen) atoms. The van der Waals surface area contributed by atoms with Crippen molar-refractivity contribution in [2.75, 3.05) is 17.1 Å². The molecule has 0 aromatic heterocycles. The van der Waals surface area contributed by atoms with Crippen molar-refractivity contribution in [2.45, 2.75) is 52.7 Å². The standard InChI is InChI=1S/C23H30N2O4S/c1-15-8-10-20(17(3)11-15)25(30(6,27)28)14-22(26)24-19-13-23(4,5)29-21-12-16(2)7-9-18(19)21/h7-12,19H,13-14H2,1-6H3,(H,24,26)/t19-/m1/s1. The van der Waals surface area contributed by atoms with Gasteiger partial charge >= 0.3 is 0 Å². The number of carbonyl (C=O) groups excluding carboxylic acids is 1. The zero-order valence-corrected chi connectivity index (χ0v) is 19.3. The Hall–Kier alpha value is -2.54. The van der Waals surface area contributed by atoms with Gasteiger partial charge in [0.1, 0.15) is 17.9 Å². The molecule has 162 valence electrons. The predicted molar refractivity (Wildman–Crippen MR) is 119 cm³/mol. The molecule has 1 aliphatic rings. The van der Waals surface area contributed by atoms with E-state index in [-0.39, 0.29) is 18.5 Å². The van der Waals surface area contributed by atoms with Crippen molar-refractivity contribution in [1.29, 1.82) is 0 Å². The fourth-order valence-electron chi connectivity index (χ4n) is 3.92. The van der Waals surface area contributed by atoms with Gasteiger partial charge in [0.05, 0.1) is 18.0 Å². The van der Waals surface area contributed by atoms with Crippen LogP contribution < -0.4 is 14.4 Å². The van der Waals surface area contributed by atoms with Crippen molar-refractivity contribution in [3.05, 3.63) is 58.7 Å². The number of hydrogen-bond donors (Lipinski definition) is 1. The monoisotopic (exact) mass is 430 g/mol. The number of nitrogens with zero attached hydrogens (tertiary/aromatic N) is 1. The molecule has 1 N–H and O–H groups in total. The van der Waals surface area contributed by atoms with Gasteiger partial charge in [-0.15, -0.1) is 0 Å². The van der Waals surface area contributed by atoms with Crippen LogP contribution in [0.15, 0.2) is 36.4 Å². The van der Waals surface area contributed by atoms with Gasteiger partial charge in [0.25, 0.3) is 0 Å². The maximum absolute atomic E-state index is 12.9. The van der Waals surface area contributed by atoms with E-state index in [1.165, 1.54) is 0 Å². The van der Waals surface area contributed by atoms with E-state index in [1.807, 2.05) is 65.0 Å². The molecule has 1 aliphatic heterocycles. The molecule has 1 amide bonds. The molecule has 0 bridgehead atoms. The third-order valence-electron chi connectivity index (χ3n) is 5.27. The van der Waals surface area contributed by atoms with Gasteiger partial charge in [-0.05, 0) is 57.9 Å². The van der Waals surface area contributed by atoms with Crippen LogP contribution in [-0.2, 0) is 14.8 Å². The van der Waals surface area contributed by atoms with E-state index in [1.54, 1.807) is 6.07 Å². The Morgan fingerprint density at radius 1 is 1.13 bits per heavy atom. The number of amides is 1. The first-order valence-electron chi connectivity index (χ1n) is 10.00. The van der Waals surface area contributed by atoms with E-state index >= 15 is 0 Å². The maximum atomic E-state index is 12.9. The lowest BCUT2D eigenvalue weighted by Crippen LogP contribution is -2.45. The van der Waals surface area contributed by atoms with Crippen LogP contribution in [0.1, 0.15) is 48.6 Å². The van der Waals surface area contributed by atoms with Crippen LogP contribution in [0, 0.1) is 20.8 Å². The number of rotatable bonds is 5. The van der Waals surface area contributed by atoms with Crippen LogP contribution in [0.5, 0.6) is 5.75 Å². The molecule has 2 aromatic carbocycles. The molecule has 7 heteroatoms. The predicted octanol–water partition coefficient (Wildman–Crippen LogP) is 3.80. The highest BCUT2D eigenvalue weighted by molar-refractivity contribution is 7.92. The first-order chi connectivity index (χ1) is 13.9. The summed E-state index contributed by atoms with van der Waals surface area (Å²) in [6.07, 6.45) is 1.71. The number of sulfonamides is 1. The van der Waals surface area contributed by atoms with Crippen LogP contribution in [-0.4, -0.2) is 32.7 Å². The second kappa shape index (κ2) is 7.95. The Balaban J connectivity index is 1.86. The smallest absolute Gasteiger partial charge is 0.241 e. The van der Waals surface area contributed by atoms with Gasteiger partial charge in [-0.1, -0.05) is 29.8 Å². The summed E-state index contributed by atoms with van der Waals surface area (Å²) in [7, 11) is -3.63. The van der Waals surface area contributed by atoms with E-state index < -0.39 is 15.6 Å². The zero-order valence-electron chi connectivity index (χ0n) is 18.4. The summed E-state index contributed by atoms with van der Waals surface area (Å²) in [5, 5.41) is 3.03. The Labute approximate surface area is 179 Å². The summed E-state index contributed by atoms with van der Waals surface area (Å²) in [6.45, 7) is 9.47. The Morgan fingerprint density at radius 3 is 2.40 bits per heavy atom. The van der Waals surface area contributed by atoms with Gasteiger partial charge in [-0.3, -0.25) is 9.10 Å². The minimum Gasteiger partial charge on any atom is -0.487 e. The molecule has 0 saturated heterocycles. The quantitative estimate of drug-likeness (QED) is 0.783. The average Bonchev–Trinajstić information content (AvgIpc) is 2.58. The highest BCUT2D eigenvalue weighted by Gasteiger charge is 2.35. The Morgan fingerprint density at radius 2 is 1.77 bits per heavy atom. The van der Waals surface area contributed by atoms with Gasteiger partial charge in [-0.25, -0.2) is 8.42 Å². The van der Waals surface area contributed by atoms with Crippen LogP contribution in [0.25, 0.3) is 0 Å². The van der Waals surface area contributed by atoms with E-state index in [2.05, 4.69) is 5.32 Å². The fraction of sp³-hybridized carbons (Fsp3) is 0.435. The number of benzene rings is 2. The first kappa shape index (κ1) is 22.2. The van der Waals surface area contributed by atoms with E-state index in [9.17, 15) is 13.2 Å². The summed E-state index contributed by atoms with van der Waals surface area (Å²) >= 11 is 0. The highest BCUT2D eigenvalue weighted by atomic mass is 32.2. The van der Waals surface area contributed by atoms with Crippen LogP contribution in [0.4, 0.5) is 5.69 Å². The number of hydrogen-bond acceptors (Lipinski definition) is 4. The number of aryl methyl sites for hydroxylation is 3. The van der Waals surface area contributed by atoms with E-state index in [0.29, 0.717) is 12.1 Å². The molecule has 1 heterocycles. The molecule has 0 aliphatic carbocycles. The summed E-state index contributed by atoms with van der Waals surface area (Å²) in [6, 6.07) is 11.2. The third-order valence-corrected chi connectivity index (χ3v) is 6.40. The van der Waals surface area contributed by atoms with E-state index in [4.69, 9.17) is 4.74 Å². The van der Waals surface area contributed by atoms with Crippen molar-refractivity contribution in [2.24, 2.45) is 0 Å². The number of fused-ring (bicyclic) bond motifs is 1. The van der Waals surface area contributed by atoms with E-state index in [0.717, 1.165) is 38.6 Å². The van der Waals surface area contributed by atoms with Gasteiger partial charge in [0, 0.05) is 12.0 Å². The summed E-state index contributed by atoms with van der Waals surface area (Å²) in [5.41, 5.74) is 3.90. The van der Waals surface area contributed by atoms with Crippen LogP contribution in [0.3, 0.4) is 0 Å². The van der Waals surface area contributed by atoms with Crippen molar-refractivity contribution in [3.8, 4) is 5.75 Å². The van der Waals surface area contributed by atoms with Gasteiger partial charge in [-0.2, -0.15) is 0 Å². The second-order valence-corrected chi connectivity index (χ2v) is 10.7. The summed E-state index contributed by atoms with van der Waals surface area (Å²) in [5.74, 6) is 0.403. The molecule has 6 nitrogen and oxygen atoms in total. The zero-order chi connectivity index (χ0) is 22.3. The largest absolute Gasteiger partial charge is 0.487 e. The topological polar surface area (TPSA) is 75.7 Å². The van der Waals surface area contributed by atoms with Crippen molar-refractivity contribution in [1.82, 2.24) is 5.32 Å². The molecule has 0 saturated carbocycles. The minimum atomic E-state index is -3.63. The summed E-state index contributed by atoms with van der Waals surface area (Å²) in [4.78, 5) is 12.9. The molecule has 3 rings (SSSR count). The molecular weight excluding hydrogens is 400 g/mol. The van der Waals surface area contributed by atoms with Crippen molar-refractivity contribution < 1.29 is 17.9 Å². The number of carbonyl (C=O) groups is 1. The second-order valence-electron chi connectivity index (χ2n) is 8.79. The van der Waals surface area contributed by atoms with Gasteiger partial charge in [0.2, 0.25) is 15.9 Å². The van der Waals surface area contributed by atoms with Crippen molar-refractivity contribution >= 4 is 21.6 Å². The fourth-order valence-corrected chi connectivity index (χ4v) is 4.84. The molecule has 2 aromatic rings. The number of ether oxygens (including phenoxy) is 1.